The minimum Gasteiger partial charge on any atom is -0.393 e. The van der Waals surface area contributed by atoms with E-state index in [0.717, 1.165) is 32.1 Å². The van der Waals surface area contributed by atoms with E-state index < -0.39 is 5.41 Å². The minimum absolute atomic E-state index is 0.0359. The highest BCUT2D eigenvalue weighted by atomic mass is 16.3. The van der Waals surface area contributed by atoms with Crippen molar-refractivity contribution in [2.75, 3.05) is 0 Å². The second kappa shape index (κ2) is 8.42. The highest BCUT2D eigenvalue weighted by Crippen LogP contribution is 2.72. The molecule has 2 unspecified atom stereocenters. The standard InChI is InChI=1S/C31H52O3/c1-9-10-24-29(7)13-12-25(34)27(4,5)23(29)11-14-30(24,8)28(6)15-16-31(19-32)18-22(33)26(20(2)3)21(31)17-28/h19-21,23-26,34H,9-18H2,1-8H3/t21?,23-,24-,25+,26?,28-,29+,30-,31+/m1/s1. The van der Waals surface area contributed by atoms with Crippen LogP contribution in [0.4, 0.5) is 0 Å². The summed E-state index contributed by atoms with van der Waals surface area (Å²) in [4.78, 5) is 25.6. The summed E-state index contributed by atoms with van der Waals surface area (Å²) in [6, 6.07) is 0. The summed E-state index contributed by atoms with van der Waals surface area (Å²) in [6.45, 7) is 19.0. The molecule has 0 aromatic rings. The molecule has 4 aliphatic carbocycles. The first-order chi connectivity index (χ1) is 15.7. The van der Waals surface area contributed by atoms with Crippen molar-refractivity contribution < 1.29 is 14.7 Å². The van der Waals surface area contributed by atoms with Crippen LogP contribution in [0.1, 0.15) is 120 Å². The van der Waals surface area contributed by atoms with E-state index in [9.17, 15) is 14.7 Å². The molecule has 0 aliphatic heterocycles. The van der Waals surface area contributed by atoms with Gasteiger partial charge in [-0.3, -0.25) is 4.79 Å². The highest BCUT2D eigenvalue weighted by Gasteiger charge is 2.67. The van der Waals surface area contributed by atoms with Crippen LogP contribution in [0.3, 0.4) is 0 Å². The predicted molar refractivity (Wildman–Crippen MR) is 138 cm³/mol. The Bertz CT molecular complexity index is 815. The molecule has 4 fully saturated rings. The van der Waals surface area contributed by atoms with Crippen LogP contribution >= 0.6 is 0 Å². The van der Waals surface area contributed by atoms with Gasteiger partial charge in [-0.05, 0) is 96.7 Å². The summed E-state index contributed by atoms with van der Waals surface area (Å²) in [6.07, 6.45) is 11.3. The zero-order valence-corrected chi connectivity index (χ0v) is 23.4. The van der Waals surface area contributed by atoms with E-state index >= 15 is 0 Å². The topological polar surface area (TPSA) is 54.4 Å². The molecule has 0 radical (unpaired) electrons. The average Bonchev–Trinajstić information content (AvgIpc) is 3.05. The number of carbonyl (C=O) groups excluding carboxylic acids is 2. The number of carbonyl (C=O) groups is 2. The Hall–Kier alpha value is -0.700. The molecule has 9 atom stereocenters. The van der Waals surface area contributed by atoms with Crippen molar-refractivity contribution in [2.24, 2.45) is 56.7 Å². The fourth-order valence-electron chi connectivity index (χ4n) is 10.6. The van der Waals surface area contributed by atoms with Gasteiger partial charge in [-0.25, -0.2) is 0 Å². The van der Waals surface area contributed by atoms with Gasteiger partial charge in [-0.2, -0.15) is 0 Å². The number of hydrogen-bond donors (Lipinski definition) is 1. The molecule has 3 heteroatoms. The van der Waals surface area contributed by atoms with Gasteiger partial charge >= 0.3 is 0 Å². The lowest BCUT2D eigenvalue weighted by Gasteiger charge is -2.68. The summed E-state index contributed by atoms with van der Waals surface area (Å²) in [5.74, 6) is 2.03. The summed E-state index contributed by atoms with van der Waals surface area (Å²) >= 11 is 0. The molecule has 0 bridgehead atoms. The smallest absolute Gasteiger partial charge is 0.137 e. The summed E-state index contributed by atoms with van der Waals surface area (Å²) < 4.78 is 0. The second-order valence-corrected chi connectivity index (χ2v) is 14.9. The van der Waals surface area contributed by atoms with Gasteiger partial charge in [0, 0.05) is 17.8 Å². The van der Waals surface area contributed by atoms with E-state index in [1.807, 2.05) is 0 Å². The molecule has 34 heavy (non-hydrogen) atoms. The third-order valence-electron chi connectivity index (χ3n) is 12.8. The largest absolute Gasteiger partial charge is 0.393 e. The van der Waals surface area contributed by atoms with Crippen molar-refractivity contribution >= 4 is 12.1 Å². The van der Waals surface area contributed by atoms with Gasteiger partial charge in [0.15, 0.2) is 0 Å². The van der Waals surface area contributed by atoms with Gasteiger partial charge in [0.25, 0.3) is 0 Å². The molecule has 0 amide bonds. The van der Waals surface area contributed by atoms with Gasteiger partial charge in [0.1, 0.15) is 12.1 Å². The number of hydrogen-bond acceptors (Lipinski definition) is 3. The van der Waals surface area contributed by atoms with Crippen LogP contribution in [0.25, 0.3) is 0 Å². The summed E-state index contributed by atoms with van der Waals surface area (Å²) in [5.41, 5.74) is 0.100. The first-order valence-corrected chi connectivity index (χ1v) is 14.4. The van der Waals surface area contributed by atoms with Crippen LogP contribution in [-0.4, -0.2) is 23.3 Å². The monoisotopic (exact) mass is 472 g/mol. The molecule has 194 valence electrons. The van der Waals surface area contributed by atoms with Gasteiger partial charge in [0.2, 0.25) is 0 Å². The molecule has 1 N–H and O–H groups in total. The number of Topliss-reactive ketones (excluding diaryl/α,β-unsaturated/α-hetero) is 1. The normalized spacial score (nSPS) is 50.6. The van der Waals surface area contributed by atoms with Crippen molar-refractivity contribution in [3.05, 3.63) is 0 Å². The van der Waals surface area contributed by atoms with E-state index in [0.29, 0.717) is 30.0 Å². The van der Waals surface area contributed by atoms with Crippen LogP contribution in [0.15, 0.2) is 0 Å². The zero-order chi connectivity index (χ0) is 25.3. The number of ketones is 1. The number of aliphatic hydroxyl groups is 1. The number of aliphatic hydroxyl groups excluding tert-OH is 1. The van der Waals surface area contributed by atoms with E-state index in [-0.39, 0.29) is 39.6 Å². The maximum Gasteiger partial charge on any atom is 0.137 e. The Morgan fingerprint density at radius 2 is 1.71 bits per heavy atom. The van der Waals surface area contributed by atoms with E-state index in [2.05, 4.69) is 55.4 Å². The second-order valence-electron chi connectivity index (χ2n) is 14.9. The fourth-order valence-corrected chi connectivity index (χ4v) is 10.6. The minimum atomic E-state index is -0.416. The van der Waals surface area contributed by atoms with Crippen LogP contribution in [-0.2, 0) is 9.59 Å². The fraction of sp³-hybridized carbons (Fsp3) is 0.935. The van der Waals surface area contributed by atoms with E-state index in [1.54, 1.807) is 0 Å². The number of rotatable bonds is 5. The van der Waals surface area contributed by atoms with Crippen molar-refractivity contribution in [1.29, 1.82) is 0 Å². The van der Waals surface area contributed by atoms with Gasteiger partial charge in [0.05, 0.1) is 6.10 Å². The Kier molecular flexibility index (Phi) is 6.53. The van der Waals surface area contributed by atoms with Crippen LogP contribution < -0.4 is 0 Å². The lowest BCUT2D eigenvalue weighted by atomic mass is 9.36. The van der Waals surface area contributed by atoms with Gasteiger partial charge in [-0.1, -0.05) is 61.8 Å². The maximum atomic E-state index is 13.1. The van der Waals surface area contributed by atoms with Crippen LogP contribution in [0.2, 0.25) is 0 Å². The molecule has 0 heterocycles. The Morgan fingerprint density at radius 3 is 2.29 bits per heavy atom. The van der Waals surface area contributed by atoms with E-state index in [4.69, 9.17) is 0 Å². The average molecular weight is 473 g/mol. The first kappa shape index (κ1) is 26.4. The van der Waals surface area contributed by atoms with Gasteiger partial charge < -0.3 is 9.90 Å². The molecular formula is C31H52O3. The molecule has 0 saturated heterocycles. The molecule has 3 nitrogen and oxygen atoms in total. The Labute approximate surface area is 209 Å². The third-order valence-corrected chi connectivity index (χ3v) is 12.8. The van der Waals surface area contributed by atoms with Crippen molar-refractivity contribution in [3.63, 3.8) is 0 Å². The van der Waals surface area contributed by atoms with E-state index in [1.165, 1.54) is 32.0 Å². The zero-order valence-electron chi connectivity index (χ0n) is 23.4. The molecule has 4 aliphatic rings. The van der Waals surface area contributed by atoms with Crippen molar-refractivity contribution in [1.82, 2.24) is 0 Å². The van der Waals surface area contributed by atoms with Crippen LogP contribution in [0, 0.1) is 56.7 Å². The highest BCUT2D eigenvalue weighted by molar-refractivity contribution is 5.89. The molecule has 0 aromatic carbocycles. The molecule has 4 saturated carbocycles. The number of aldehydes is 1. The van der Waals surface area contributed by atoms with Crippen molar-refractivity contribution in [2.45, 2.75) is 126 Å². The lowest BCUT2D eigenvalue weighted by molar-refractivity contribution is -0.210. The summed E-state index contributed by atoms with van der Waals surface area (Å²) in [7, 11) is 0. The Morgan fingerprint density at radius 1 is 1.03 bits per heavy atom. The summed E-state index contributed by atoms with van der Waals surface area (Å²) in [5, 5.41) is 10.9. The number of fused-ring (bicyclic) bond motifs is 2. The van der Waals surface area contributed by atoms with Crippen LogP contribution in [0.5, 0.6) is 0 Å². The maximum absolute atomic E-state index is 13.1. The molecular weight excluding hydrogens is 420 g/mol. The quantitative estimate of drug-likeness (QED) is 0.429. The molecule has 0 spiro atoms. The molecule has 4 rings (SSSR count). The predicted octanol–water partition coefficient (Wildman–Crippen LogP) is 7.24. The van der Waals surface area contributed by atoms with Gasteiger partial charge in [-0.15, -0.1) is 0 Å². The molecule has 0 aromatic heterocycles. The van der Waals surface area contributed by atoms with Crippen molar-refractivity contribution in [3.8, 4) is 0 Å². The first-order valence-electron chi connectivity index (χ1n) is 14.4. The Balaban J connectivity index is 1.74. The lowest BCUT2D eigenvalue weighted by Crippen LogP contribution is -2.62. The third kappa shape index (κ3) is 3.45. The SMILES string of the molecule is CCC[C@@H]1[C@@]2(C)CC[C@H](O)C(C)(C)[C@H]2CC[C@@]1(C)[C@]1(C)CC[C@@]2(C=O)CC(=O)C(C(C)C)C2C1.